The monoisotopic (exact) mass is 513 g/mol. The van der Waals surface area contributed by atoms with Crippen molar-refractivity contribution in [3.8, 4) is 11.5 Å². The molecule has 0 radical (unpaired) electrons. The van der Waals surface area contributed by atoms with Gasteiger partial charge >= 0.3 is 0 Å². The van der Waals surface area contributed by atoms with Crippen LogP contribution in [0.2, 0.25) is 0 Å². The summed E-state index contributed by atoms with van der Waals surface area (Å²) in [5.74, 6) is -0.804. The molecule has 1 aliphatic heterocycles. The molecule has 1 amide bonds. The van der Waals surface area contributed by atoms with Gasteiger partial charge in [-0.3, -0.25) is 14.6 Å². The molecule has 0 spiro atoms. The lowest BCUT2D eigenvalue weighted by molar-refractivity contribution is -0.120. The van der Waals surface area contributed by atoms with Crippen molar-refractivity contribution in [2.75, 3.05) is 58.0 Å². The fourth-order valence-corrected chi connectivity index (χ4v) is 4.67. The van der Waals surface area contributed by atoms with Crippen molar-refractivity contribution in [2.45, 2.75) is 6.42 Å². The van der Waals surface area contributed by atoms with E-state index in [0.29, 0.717) is 47.5 Å². The Kier molecular flexibility index (Phi) is 9.40. The molecule has 0 saturated carbocycles. The molecule has 0 unspecified atom stereocenters. The van der Waals surface area contributed by atoms with E-state index in [-0.39, 0.29) is 30.4 Å². The third-order valence-electron chi connectivity index (χ3n) is 5.31. The van der Waals surface area contributed by atoms with Crippen LogP contribution in [0.3, 0.4) is 0 Å². The maximum absolute atomic E-state index is 14.2. The Labute approximate surface area is 206 Å². The topological polar surface area (TPSA) is 64.1 Å². The second kappa shape index (κ2) is 12.3. The predicted octanol–water partition coefficient (Wildman–Crippen LogP) is 4.14. The molecule has 34 heavy (non-hydrogen) atoms. The minimum atomic E-state index is -0.751. The molecule has 1 aromatic heterocycles. The second-order valence-corrected chi connectivity index (χ2v) is 8.53. The first-order valence-corrected chi connectivity index (χ1v) is 11.5. The summed E-state index contributed by atoms with van der Waals surface area (Å²) in [4.78, 5) is 21.2. The standard InChI is InChI=1S/C23H25F2N3O4S.ClH/c1-30-18-5-2-3-6-19(18)32-15-21(29)28(8-4-7-27-9-11-31-12-10-27)23-26-22-17(25)13-16(24)14-20(22)33-23;/h2-3,5-6,13-14H,4,7-12,15H2,1H3;1H. The fraction of sp³-hybridized carbons (Fsp3) is 0.391. The minimum Gasteiger partial charge on any atom is -0.493 e. The van der Waals surface area contributed by atoms with Gasteiger partial charge in [-0.25, -0.2) is 13.8 Å². The Hall–Kier alpha value is -2.53. The number of ether oxygens (including phenoxy) is 3. The number of nitrogens with zero attached hydrogens (tertiary/aromatic N) is 3. The summed E-state index contributed by atoms with van der Waals surface area (Å²) in [6.07, 6.45) is 0.688. The number of benzene rings is 2. The first-order valence-electron chi connectivity index (χ1n) is 10.7. The maximum Gasteiger partial charge on any atom is 0.266 e. The van der Waals surface area contributed by atoms with Crippen LogP contribution < -0.4 is 14.4 Å². The summed E-state index contributed by atoms with van der Waals surface area (Å²) in [5.41, 5.74) is 0.0491. The van der Waals surface area contributed by atoms with Gasteiger partial charge in [-0.2, -0.15) is 0 Å². The van der Waals surface area contributed by atoms with Crippen LogP contribution in [0.1, 0.15) is 6.42 Å². The first kappa shape index (κ1) is 26.1. The highest BCUT2D eigenvalue weighted by Crippen LogP contribution is 2.32. The lowest BCUT2D eigenvalue weighted by Crippen LogP contribution is -2.40. The average molecular weight is 514 g/mol. The van der Waals surface area contributed by atoms with E-state index in [0.717, 1.165) is 37.0 Å². The first-order chi connectivity index (χ1) is 16.0. The number of fused-ring (bicyclic) bond motifs is 1. The number of hydrogen-bond donors (Lipinski definition) is 0. The Morgan fingerprint density at radius 3 is 2.68 bits per heavy atom. The third-order valence-corrected chi connectivity index (χ3v) is 6.34. The van der Waals surface area contributed by atoms with Crippen molar-refractivity contribution in [2.24, 2.45) is 0 Å². The molecule has 1 saturated heterocycles. The normalized spacial score (nSPS) is 14.0. The largest absolute Gasteiger partial charge is 0.493 e. The van der Waals surface area contributed by atoms with Crippen molar-refractivity contribution in [1.82, 2.24) is 9.88 Å². The van der Waals surface area contributed by atoms with E-state index in [1.807, 2.05) is 0 Å². The summed E-state index contributed by atoms with van der Waals surface area (Å²) in [7, 11) is 1.52. The van der Waals surface area contributed by atoms with E-state index in [1.54, 1.807) is 24.3 Å². The molecule has 1 aliphatic rings. The smallest absolute Gasteiger partial charge is 0.266 e. The number of rotatable bonds is 9. The van der Waals surface area contributed by atoms with Crippen LogP contribution in [-0.4, -0.2) is 68.9 Å². The number of methoxy groups -OCH3 is 1. The molecular weight excluding hydrogens is 488 g/mol. The Morgan fingerprint density at radius 2 is 1.94 bits per heavy atom. The van der Waals surface area contributed by atoms with Crippen LogP contribution in [0.15, 0.2) is 36.4 Å². The summed E-state index contributed by atoms with van der Waals surface area (Å²) >= 11 is 1.08. The molecular formula is C23H26ClF2N3O4S. The van der Waals surface area contributed by atoms with Crippen LogP contribution in [-0.2, 0) is 9.53 Å². The van der Waals surface area contributed by atoms with Crippen molar-refractivity contribution >= 4 is 45.0 Å². The number of amides is 1. The van der Waals surface area contributed by atoms with Crippen molar-refractivity contribution in [1.29, 1.82) is 0 Å². The highest BCUT2D eigenvalue weighted by atomic mass is 35.5. The van der Waals surface area contributed by atoms with Crippen molar-refractivity contribution < 1.29 is 27.8 Å². The van der Waals surface area contributed by atoms with Gasteiger partial charge in [0.25, 0.3) is 5.91 Å². The van der Waals surface area contributed by atoms with E-state index >= 15 is 0 Å². The van der Waals surface area contributed by atoms with E-state index in [1.165, 1.54) is 18.1 Å². The van der Waals surface area contributed by atoms with Gasteiger partial charge in [0.1, 0.15) is 11.3 Å². The fourth-order valence-electron chi connectivity index (χ4n) is 3.62. The lowest BCUT2D eigenvalue weighted by Gasteiger charge is -2.27. The lowest BCUT2D eigenvalue weighted by atomic mass is 10.3. The van der Waals surface area contributed by atoms with E-state index in [9.17, 15) is 13.6 Å². The summed E-state index contributed by atoms with van der Waals surface area (Å²) in [6.45, 7) is 3.98. The van der Waals surface area contributed by atoms with E-state index < -0.39 is 11.6 Å². The van der Waals surface area contributed by atoms with E-state index in [2.05, 4.69) is 9.88 Å². The van der Waals surface area contributed by atoms with Gasteiger partial charge in [-0.1, -0.05) is 23.5 Å². The third kappa shape index (κ3) is 6.32. The highest BCUT2D eigenvalue weighted by molar-refractivity contribution is 7.22. The number of aromatic nitrogens is 1. The van der Waals surface area contributed by atoms with Gasteiger partial charge in [-0.05, 0) is 24.6 Å². The molecule has 2 heterocycles. The quantitative estimate of drug-likeness (QED) is 0.428. The zero-order valence-corrected chi connectivity index (χ0v) is 20.3. The average Bonchev–Trinajstić information content (AvgIpc) is 3.25. The number of para-hydroxylation sites is 2. The number of anilines is 1. The van der Waals surface area contributed by atoms with Crippen LogP contribution in [0.4, 0.5) is 13.9 Å². The summed E-state index contributed by atoms with van der Waals surface area (Å²) in [5, 5.41) is 0.310. The Morgan fingerprint density at radius 1 is 1.21 bits per heavy atom. The SMILES string of the molecule is COc1ccccc1OCC(=O)N(CCCN1CCOCC1)c1nc2c(F)cc(F)cc2s1.Cl. The van der Waals surface area contributed by atoms with E-state index in [4.69, 9.17) is 14.2 Å². The molecule has 0 N–H and O–H groups in total. The van der Waals surface area contributed by atoms with Crippen LogP contribution >= 0.6 is 23.7 Å². The molecule has 3 aromatic rings. The Bertz CT molecular complexity index is 1110. The number of hydrogen-bond acceptors (Lipinski definition) is 7. The molecule has 1 fully saturated rings. The van der Waals surface area contributed by atoms with Crippen molar-refractivity contribution in [3.05, 3.63) is 48.0 Å². The van der Waals surface area contributed by atoms with Gasteiger partial charge in [0.2, 0.25) is 0 Å². The molecule has 184 valence electrons. The molecule has 4 rings (SSSR count). The zero-order valence-electron chi connectivity index (χ0n) is 18.7. The molecule has 0 bridgehead atoms. The molecule has 2 aromatic carbocycles. The van der Waals surface area contributed by atoms with Crippen LogP contribution in [0.5, 0.6) is 11.5 Å². The van der Waals surface area contributed by atoms with Crippen LogP contribution in [0, 0.1) is 11.6 Å². The van der Waals surface area contributed by atoms with Crippen molar-refractivity contribution in [3.63, 3.8) is 0 Å². The minimum absolute atomic E-state index is 0. The number of halogens is 3. The zero-order chi connectivity index (χ0) is 23.2. The molecule has 0 aliphatic carbocycles. The summed E-state index contributed by atoms with van der Waals surface area (Å²) < 4.78 is 44.6. The van der Waals surface area contributed by atoms with Gasteiger partial charge in [0.15, 0.2) is 29.1 Å². The van der Waals surface area contributed by atoms with Gasteiger partial charge < -0.3 is 14.2 Å². The molecule has 11 heteroatoms. The Balaban J connectivity index is 0.00000324. The molecule has 0 atom stereocenters. The second-order valence-electron chi connectivity index (χ2n) is 7.52. The number of carbonyl (C=O) groups excluding carboxylic acids is 1. The maximum atomic E-state index is 14.2. The van der Waals surface area contributed by atoms with Crippen LogP contribution in [0.25, 0.3) is 10.2 Å². The van der Waals surface area contributed by atoms with Gasteiger partial charge in [0.05, 0.1) is 25.0 Å². The number of carbonyl (C=O) groups is 1. The van der Waals surface area contributed by atoms with Gasteiger partial charge in [0, 0.05) is 32.2 Å². The predicted molar refractivity (Wildman–Crippen MR) is 130 cm³/mol. The van der Waals surface area contributed by atoms with Gasteiger partial charge in [-0.15, -0.1) is 12.4 Å². The summed E-state index contributed by atoms with van der Waals surface area (Å²) in [6, 6.07) is 9.06. The highest BCUT2D eigenvalue weighted by Gasteiger charge is 2.23. The number of morpholine rings is 1. The molecule has 7 nitrogen and oxygen atoms in total. The number of thiazole rings is 1.